The lowest BCUT2D eigenvalue weighted by atomic mass is 9.96. The Morgan fingerprint density at radius 2 is 1.75 bits per heavy atom. The molecule has 0 aliphatic heterocycles. The van der Waals surface area contributed by atoms with Gasteiger partial charge in [0.1, 0.15) is 0 Å². The second-order valence-corrected chi connectivity index (χ2v) is 6.69. The Hall–Kier alpha value is -2.04. The summed E-state index contributed by atoms with van der Waals surface area (Å²) < 4.78 is 0. The fourth-order valence-electron chi connectivity index (χ4n) is 2.60. The van der Waals surface area contributed by atoms with E-state index in [0.717, 1.165) is 12.8 Å². The van der Waals surface area contributed by atoms with Crippen molar-refractivity contribution in [1.29, 1.82) is 5.41 Å². The highest BCUT2D eigenvalue weighted by molar-refractivity contribution is 6.38. The summed E-state index contributed by atoms with van der Waals surface area (Å²) in [4.78, 5) is 0. The molecule has 24 heavy (non-hydrogen) atoms. The number of nitrogens with one attached hydrogen (secondary N) is 3. The Labute approximate surface area is 151 Å². The van der Waals surface area contributed by atoms with Crippen LogP contribution in [0.15, 0.2) is 53.6 Å². The van der Waals surface area contributed by atoms with Crippen LogP contribution in [0.1, 0.15) is 24.0 Å². The standard InChI is InChI=1S/C18H18Cl2N4/c19-15-7-4-8-16(20)14(15)11-23-24-17(21)22-12-18(9-10-18)13-5-2-1-3-6-13/h1-8,11H,9-10,12H2,(H3,21,22,24). The van der Waals surface area contributed by atoms with E-state index in [2.05, 4.69) is 40.1 Å². The van der Waals surface area contributed by atoms with Crippen LogP contribution in [-0.2, 0) is 5.41 Å². The average Bonchev–Trinajstić information content (AvgIpc) is 3.38. The molecule has 2 aromatic rings. The number of nitrogens with zero attached hydrogens (tertiary/aromatic N) is 1. The van der Waals surface area contributed by atoms with Crippen LogP contribution >= 0.6 is 23.2 Å². The maximum atomic E-state index is 7.93. The van der Waals surface area contributed by atoms with Gasteiger partial charge >= 0.3 is 0 Å². The summed E-state index contributed by atoms with van der Waals surface area (Å²) in [6.45, 7) is 0.714. The fraction of sp³-hybridized carbons (Fsp3) is 0.222. The first-order valence-electron chi connectivity index (χ1n) is 7.72. The maximum Gasteiger partial charge on any atom is 0.209 e. The van der Waals surface area contributed by atoms with Gasteiger partial charge in [0.25, 0.3) is 0 Å². The molecule has 0 unspecified atom stereocenters. The predicted octanol–water partition coefficient (Wildman–Crippen LogP) is 4.17. The SMILES string of the molecule is N=C(NCC1(c2ccccc2)CC1)NN=Cc1c(Cl)cccc1Cl. The van der Waals surface area contributed by atoms with Crippen molar-refractivity contribution >= 4 is 35.4 Å². The molecule has 1 saturated carbocycles. The zero-order valence-electron chi connectivity index (χ0n) is 13.0. The quantitative estimate of drug-likeness (QED) is 0.425. The molecule has 0 spiro atoms. The van der Waals surface area contributed by atoms with Crippen molar-refractivity contribution in [2.24, 2.45) is 5.10 Å². The predicted molar refractivity (Wildman–Crippen MR) is 100 cm³/mol. The van der Waals surface area contributed by atoms with Gasteiger partial charge in [-0.2, -0.15) is 5.10 Å². The molecular formula is C18H18Cl2N4. The topological polar surface area (TPSA) is 60.3 Å². The first-order valence-corrected chi connectivity index (χ1v) is 8.47. The van der Waals surface area contributed by atoms with Gasteiger partial charge in [0.05, 0.1) is 16.3 Å². The average molecular weight is 361 g/mol. The van der Waals surface area contributed by atoms with Crippen molar-refractivity contribution < 1.29 is 0 Å². The Morgan fingerprint density at radius 1 is 1.08 bits per heavy atom. The van der Waals surface area contributed by atoms with Crippen LogP contribution in [0.25, 0.3) is 0 Å². The molecule has 0 atom stereocenters. The van der Waals surface area contributed by atoms with Gasteiger partial charge in [-0.25, -0.2) is 5.43 Å². The van der Waals surface area contributed by atoms with Gasteiger partial charge in [-0.3, -0.25) is 5.41 Å². The van der Waals surface area contributed by atoms with E-state index in [0.29, 0.717) is 22.2 Å². The van der Waals surface area contributed by atoms with E-state index in [4.69, 9.17) is 28.6 Å². The fourth-order valence-corrected chi connectivity index (χ4v) is 3.10. The van der Waals surface area contributed by atoms with Gasteiger partial charge in [0, 0.05) is 17.5 Å². The third-order valence-corrected chi connectivity index (χ3v) is 4.87. The zero-order chi connectivity index (χ0) is 17.0. The van der Waals surface area contributed by atoms with Crippen LogP contribution in [0.2, 0.25) is 10.0 Å². The summed E-state index contributed by atoms with van der Waals surface area (Å²) in [6, 6.07) is 15.7. The third-order valence-electron chi connectivity index (χ3n) is 4.21. The Balaban J connectivity index is 1.53. The van der Waals surface area contributed by atoms with Crippen LogP contribution in [0.3, 0.4) is 0 Å². The van der Waals surface area contributed by atoms with E-state index >= 15 is 0 Å². The maximum absolute atomic E-state index is 7.93. The lowest BCUT2D eigenvalue weighted by Crippen LogP contribution is -2.38. The summed E-state index contributed by atoms with van der Waals surface area (Å²) in [6.07, 6.45) is 3.79. The van der Waals surface area contributed by atoms with Crippen molar-refractivity contribution in [3.8, 4) is 0 Å². The van der Waals surface area contributed by atoms with Crippen molar-refractivity contribution in [3.05, 3.63) is 69.7 Å². The van der Waals surface area contributed by atoms with E-state index in [9.17, 15) is 0 Å². The van der Waals surface area contributed by atoms with Gasteiger partial charge < -0.3 is 5.32 Å². The monoisotopic (exact) mass is 360 g/mol. The number of rotatable bonds is 5. The molecule has 3 rings (SSSR count). The highest BCUT2D eigenvalue weighted by atomic mass is 35.5. The van der Waals surface area contributed by atoms with Crippen LogP contribution < -0.4 is 10.7 Å². The Kier molecular flexibility index (Phi) is 5.07. The lowest BCUT2D eigenvalue weighted by molar-refractivity contribution is 0.647. The van der Waals surface area contributed by atoms with Gasteiger partial charge in [-0.15, -0.1) is 0 Å². The Morgan fingerprint density at radius 3 is 2.38 bits per heavy atom. The first-order chi connectivity index (χ1) is 11.6. The minimum Gasteiger partial charge on any atom is -0.354 e. The second-order valence-electron chi connectivity index (χ2n) is 5.88. The molecular weight excluding hydrogens is 343 g/mol. The van der Waals surface area contributed by atoms with Crippen molar-refractivity contribution in [2.75, 3.05) is 6.54 Å². The molecule has 124 valence electrons. The zero-order valence-corrected chi connectivity index (χ0v) is 14.5. The van der Waals surface area contributed by atoms with Crippen LogP contribution in [-0.4, -0.2) is 18.7 Å². The van der Waals surface area contributed by atoms with Crippen molar-refractivity contribution in [2.45, 2.75) is 18.3 Å². The molecule has 1 aliphatic rings. The number of halogens is 2. The molecule has 0 saturated heterocycles. The Bertz CT molecular complexity index is 735. The van der Waals surface area contributed by atoms with E-state index in [1.165, 1.54) is 11.8 Å². The van der Waals surface area contributed by atoms with Crippen molar-refractivity contribution in [3.63, 3.8) is 0 Å². The van der Waals surface area contributed by atoms with Gasteiger partial charge in [0.2, 0.25) is 5.96 Å². The normalized spacial score (nSPS) is 15.2. The number of guanidine groups is 1. The summed E-state index contributed by atoms with van der Waals surface area (Å²) >= 11 is 12.1. The van der Waals surface area contributed by atoms with Crippen molar-refractivity contribution in [1.82, 2.24) is 10.7 Å². The highest BCUT2D eigenvalue weighted by Crippen LogP contribution is 2.47. The molecule has 4 nitrogen and oxygen atoms in total. The van der Waals surface area contributed by atoms with Crippen LogP contribution in [0.4, 0.5) is 0 Å². The molecule has 0 bridgehead atoms. The van der Waals surface area contributed by atoms with Gasteiger partial charge in [-0.1, -0.05) is 59.6 Å². The lowest BCUT2D eigenvalue weighted by Gasteiger charge is -2.17. The summed E-state index contributed by atoms with van der Waals surface area (Å²) in [7, 11) is 0. The van der Waals surface area contributed by atoms with Gasteiger partial charge in [-0.05, 0) is 30.5 Å². The smallest absolute Gasteiger partial charge is 0.209 e. The summed E-state index contributed by atoms with van der Waals surface area (Å²) in [5.74, 6) is 0.150. The summed E-state index contributed by atoms with van der Waals surface area (Å²) in [5, 5.41) is 16.1. The molecule has 0 amide bonds. The van der Waals surface area contributed by atoms with Crippen LogP contribution in [0.5, 0.6) is 0 Å². The minimum atomic E-state index is 0.144. The number of hydrogen-bond donors (Lipinski definition) is 3. The minimum absolute atomic E-state index is 0.144. The number of benzene rings is 2. The van der Waals surface area contributed by atoms with E-state index in [1.807, 2.05) is 6.07 Å². The molecule has 1 fully saturated rings. The summed E-state index contributed by atoms with van der Waals surface area (Å²) in [5.41, 5.74) is 4.75. The van der Waals surface area contributed by atoms with Crippen LogP contribution in [0, 0.1) is 5.41 Å². The molecule has 0 radical (unpaired) electrons. The number of hydrogen-bond acceptors (Lipinski definition) is 2. The first kappa shape index (κ1) is 16.8. The molecule has 2 aromatic carbocycles. The van der Waals surface area contributed by atoms with Gasteiger partial charge in [0.15, 0.2) is 0 Å². The third kappa shape index (κ3) is 3.89. The molecule has 1 aliphatic carbocycles. The number of hydrazone groups is 1. The van der Waals surface area contributed by atoms with E-state index in [1.54, 1.807) is 18.2 Å². The molecule has 6 heteroatoms. The van der Waals surface area contributed by atoms with E-state index in [-0.39, 0.29) is 11.4 Å². The largest absolute Gasteiger partial charge is 0.354 e. The highest BCUT2D eigenvalue weighted by Gasteiger charge is 2.43. The van der Waals surface area contributed by atoms with E-state index < -0.39 is 0 Å². The molecule has 0 heterocycles. The second kappa shape index (κ2) is 7.24. The molecule has 0 aromatic heterocycles. The molecule has 3 N–H and O–H groups in total.